The van der Waals surface area contributed by atoms with E-state index >= 15 is 0 Å². The molecule has 0 spiro atoms. The van der Waals surface area contributed by atoms with E-state index in [0.29, 0.717) is 40.8 Å². The van der Waals surface area contributed by atoms with Crippen LogP contribution in [0.5, 0.6) is 0 Å². The second-order valence-corrected chi connectivity index (χ2v) is 11.3. The van der Waals surface area contributed by atoms with E-state index in [9.17, 15) is 14.4 Å². The lowest BCUT2D eigenvalue weighted by molar-refractivity contribution is -0.130. The molecule has 0 aliphatic heterocycles. The number of unbranched alkanes of at least 4 members (excludes halogenated alkanes) is 2. The van der Waals surface area contributed by atoms with Crippen molar-refractivity contribution in [1.29, 1.82) is 0 Å². The molecule has 1 amide bonds. The summed E-state index contributed by atoms with van der Waals surface area (Å²) in [4.78, 5) is 50.1. The summed E-state index contributed by atoms with van der Waals surface area (Å²) in [7, 11) is 0. The number of hydrogen-bond donors (Lipinski definition) is 2. The fourth-order valence-electron chi connectivity index (χ4n) is 3.81. The van der Waals surface area contributed by atoms with Crippen LogP contribution in [0.15, 0.2) is 28.7 Å². The van der Waals surface area contributed by atoms with Gasteiger partial charge in [-0.2, -0.15) is 0 Å². The summed E-state index contributed by atoms with van der Waals surface area (Å²) in [6.07, 6.45) is 5.08. The van der Waals surface area contributed by atoms with Crippen LogP contribution in [0.3, 0.4) is 0 Å². The first-order valence-electron chi connectivity index (χ1n) is 13.9. The quantitative estimate of drug-likeness (QED) is 0.0783. The first kappa shape index (κ1) is 33.2. The zero-order valence-electron chi connectivity index (χ0n) is 24.2. The molecule has 2 rings (SSSR count). The fraction of sp³-hybridized carbons (Fsp3) is 0.586. The second kappa shape index (κ2) is 17.6. The van der Waals surface area contributed by atoms with Gasteiger partial charge in [-0.25, -0.2) is 9.97 Å². The molecule has 2 aromatic rings. The maximum absolute atomic E-state index is 12.4. The van der Waals surface area contributed by atoms with Gasteiger partial charge < -0.3 is 25.4 Å². The molecule has 3 atom stereocenters. The topological polar surface area (TPSA) is 146 Å². The SMILES string of the molecule is CCCCC/C(COC[C@@H](C)C(=O)C(C)C=O)=N\OCc1csc(-c2cccc(NC(=O)C(N)CC(C)C)n2)n1. The lowest BCUT2D eigenvalue weighted by Crippen LogP contribution is -2.36. The molecule has 3 N–H and O–H groups in total. The van der Waals surface area contributed by atoms with Gasteiger partial charge in [0.15, 0.2) is 6.61 Å². The van der Waals surface area contributed by atoms with Gasteiger partial charge in [0, 0.05) is 11.3 Å². The van der Waals surface area contributed by atoms with E-state index in [1.165, 1.54) is 11.3 Å². The average molecular weight is 574 g/mol. The van der Waals surface area contributed by atoms with Crippen LogP contribution in [0.25, 0.3) is 10.7 Å². The number of nitrogens with two attached hydrogens (primary N) is 1. The van der Waals surface area contributed by atoms with Crippen molar-refractivity contribution in [3.8, 4) is 10.7 Å². The monoisotopic (exact) mass is 573 g/mol. The molecule has 0 aliphatic carbocycles. The standard InChI is InChI=1S/C29H43N5O5S/c1-6-7-8-10-22(16-38-15-21(5)27(36)20(4)14-35)34-39-17-23-18-40-29(31-23)25-11-9-12-26(32-25)33-28(37)24(30)13-19(2)3/h9,11-12,14,18-21,24H,6-8,10,13,15-17,30H2,1-5H3,(H,32,33,37)/b34-22+/t20?,21-,24?/m1/s1. The number of ether oxygens (including phenoxy) is 1. The lowest BCUT2D eigenvalue weighted by Gasteiger charge is -2.13. The van der Waals surface area contributed by atoms with Gasteiger partial charge in [0.25, 0.3) is 0 Å². The molecule has 0 saturated heterocycles. The van der Waals surface area contributed by atoms with E-state index in [4.69, 9.17) is 15.3 Å². The Hall–Kier alpha value is -3.02. The predicted molar refractivity (Wildman–Crippen MR) is 158 cm³/mol. The fourth-order valence-corrected chi connectivity index (χ4v) is 4.59. The number of anilines is 1. The van der Waals surface area contributed by atoms with Crippen LogP contribution in [0.1, 0.15) is 72.4 Å². The molecule has 0 radical (unpaired) electrons. The van der Waals surface area contributed by atoms with E-state index in [-0.39, 0.29) is 37.4 Å². The van der Waals surface area contributed by atoms with Crippen molar-refractivity contribution in [3.63, 3.8) is 0 Å². The number of amides is 1. The zero-order chi connectivity index (χ0) is 29.5. The Morgan fingerprint density at radius 2 is 1.95 bits per heavy atom. The molecule has 220 valence electrons. The third kappa shape index (κ3) is 11.6. The molecule has 2 unspecified atom stereocenters. The smallest absolute Gasteiger partial charge is 0.242 e. The van der Waals surface area contributed by atoms with Gasteiger partial charge in [0.2, 0.25) is 5.91 Å². The van der Waals surface area contributed by atoms with Crippen LogP contribution in [0.4, 0.5) is 5.82 Å². The molecule has 11 heteroatoms. The molecule has 2 heterocycles. The highest BCUT2D eigenvalue weighted by Crippen LogP contribution is 2.24. The number of Topliss-reactive ketones (excluding diaryl/α,β-unsaturated/α-hetero) is 1. The number of aromatic nitrogens is 2. The second-order valence-electron chi connectivity index (χ2n) is 10.4. The first-order chi connectivity index (χ1) is 19.1. The predicted octanol–water partition coefficient (Wildman–Crippen LogP) is 5.03. The average Bonchev–Trinajstić information content (AvgIpc) is 3.40. The maximum Gasteiger partial charge on any atom is 0.242 e. The minimum Gasteiger partial charge on any atom is -0.389 e. The van der Waals surface area contributed by atoms with E-state index in [2.05, 4.69) is 27.4 Å². The highest BCUT2D eigenvalue weighted by molar-refractivity contribution is 7.13. The molecule has 0 aromatic carbocycles. The third-order valence-corrected chi connectivity index (χ3v) is 7.00. The summed E-state index contributed by atoms with van der Waals surface area (Å²) in [6, 6.07) is 4.77. The van der Waals surface area contributed by atoms with Gasteiger partial charge in [-0.1, -0.05) is 51.8 Å². The Morgan fingerprint density at radius 1 is 1.18 bits per heavy atom. The normalized spacial score (nSPS) is 14.0. The minimum atomic E-state index is -0.632. The first-order valence-corrected chi connectivity index (χ1v) is 14.7. The third-order valence-electron chi connectivity index (χ3n) is 6.08. The van der Waals surface area contributed by atoms with E-state index < -0.39 is 12.0 Å². The molecule has 0 aliphatic rings. The summed E-state index contributed by atoms with van der Waals surface area (Å²) >= 11 is 1.42. The minimum absolute atomic E-state index is 0.132. The van der Waals surface area contributed by atoms with Crippen LogP contribution in [0.2, 0.25) is 0 Å². The molecule has 0 bridgehead atoms. The lowest BCUT2D eigenvalue weighted by atomic mass is 9.97. The number of ketones is 1. The molecular formula is C29H43N5O5S. The van der Waals surface area contributed by atoms with Crippen LogP contribution in [-0.4, -0.2) is 52.9 Å². The van der Waals surface area contributed by atoms with Crippen molar-refractivity contribution >= 4 is 40.8 Å². The Bertz CT molecular complexity index is 1120. The van der Waals surface area contributed by atoms with Crippen molar-refractivity contribution in [2.45, 2.75) is 79.4 Å². The molecule has 0 fully saturated rings. The Kier molecular flexibility index (Phi) is 14.6. The summed E-state index contributed by atoms with van der Waals surface area (Å²) in [5, 5.41) is 9.65. The molecule has 40 heavy (non-hydrogen) atoms. The van der Waals surface area contributed by atoms with Crippen molar-refractivity contribution in [2.24, 2.45) is 28.6 Å². The maximum atomic E-state index is 12.4. The van der Waals surface area contributed by atoms with Crippen LogP contribution in [0, 0.1) is 17.8 Å². The van der Waals surface area contributed by atoms with E-state index in [1.54, 1.807) is 19.9 Å². The zero-order valence-corrected chi connectivity index (χ0v) is 25.0. The number of nitrogens with one attached hydrogen (secondary N) is 1. The Morgan fingerprint density at radius 3 is 2.65 bits per heavy atom. The number of carbonyl (C=O) groups excluding carboxylic acids is 3. The highest BCUT2D eigenvalue weighted by Gasteiger charge is 2.20. The summed E-state index contributed by atoms with van der Waals surface area (Å²) < 4.78 is 5.73. The number of thiazole rings is 1. The Balaban J connectivity index is 1.95. The van der Waals surface area contributed by atoms with Crippen molar-refractivity contribution in [3.05, 3.63) is 29.3 Å². The molecular weight excluding hydrogens is 530 g/mol. The van der Waals surface area contributed by atoms with Gasteiger partial charge in [-0.15, -0.1) is 11.3 Å². The molecule has 10 nitrogen and oxygen atoms in total. The van der Waals surface area contributed by atoms with Crippen molar-refractivity contribution in [2.75, 3.05) is 18.5 Å². The number of rotatable bonds is 19. The number of oxime groups is 1. The molecule has 2 aromatic heterocycles. The van der Waals surface area contributed by atoms with Crippen LogP contribution >= 0.6 is 11.3 Å². The molecule has 0 saturated carbocycles. The van der Waals surface area contributed by atoms with Crippen LogP contribution in [-0.2, 0) is 30.6 Å². The van der Waals surface area contributed by atoms with Crippen LogP contribution < -0.4 is 11.1 Å². The van der Waals surface area contributed by atoms with Gasteiger partial charge in [-0.3, -0.25) is 9.59 Å². The highest BCUT2D eigenvalue weighted by atomic mass is 32.1. The number of pyridine rings is 1. The van der Waals surface area contributed by atoms with E-state index in [1.807, 2.05) is 31.4 Å². The number of hydrogen-bond acceptors (Lipinski definition) is 10. The van der Waals surface area contributed by atoms with Crippen molar-refractivity contribution in [1.82, 2.24) is 9.97 Å². The number of aldehydes is 1. The number of carbonyl (C=O) groups is 3. The summed E-state index contributed by atoms with van der Waals surface area (Å²) in [5.74, 6) is -0.659. The van der Waals surface area contributed by atoms with E-state index in [0.717, 1.165) is 31.4 Å². The summed E-state index contributed by atoms with van der Waals surface area (Å²) in [6.45, 7) is 10.2. The van der Waals surface area contributed by atoms with Gasteiger partial charge in [0.05, 0.1) is 36.6 Å². The van der Waals surface area contributed by atoms with Gasteiger partial charge >= 0.3 is 0 Å². The Labute approximate surface area is 241 Å². The van der Waals surface area contributed by atoms with Gasteiger partial charge in [0.1, 0.15) is 28.6 Å². The van der Waals surface area contributed by atoms with Gasteiger partial charge in [-0.05, 0) is 44.2 Å². The summed E-state index contributed by atoms with van der Waals surface area (Å²) in [5.41, 5.74) is 8.08. The van der Waals surface area contributed by atoms with Crippen molar-refractivity contribution < 1.29 is 24.0 Å². The largest absolute Gasteiger partial charge is 0.389 e. The number of nitrogens with zero attached hydrogens (tertiary/aromatic N) is 3.